The van der Waals surface area contributed by atoms with E-state index in [0.717, 1.165) is 17.0 Å². The van der Waals surface area contributed by atoms with Gasteiger partial charge in [-0.2, -0.15) is 0 Å². The largest absolute Gasteiger partial charge is 0.252 e. The first-order chi connectivity index (χ1) is 28.0. The fraction of sp³-hybridized carbons (Fsp3) is 0.0893. The van der Waals surface area contributed by atoms with Crippen LogP contribution < -0.4 is 0 Å². The summed E-state index contributed by atoms with van der Waals surface area (Å²) in [5, 5.41) is 2.50. The molecule has 0 saturated carbocycles. The van der Waals surface area contributed by atoms with E-state index in [1.54, 1.807) is 0 Å². The van der Waals surface area contributed by atoms with E-state index in [2.05, 4.69) is 214 Å². The van der Waals surface area contributed by atoms with E-state index >= 15 is 0 Å². The monoisotopic (exact) mass is 727 g/mol. The summed E-state index contributed by atoms with van der Waals surface area (Å²) < 4.78 is 0. The molecule has 0 atom stereocenters. The maximum atomic E-state index is 5.63. The summed E-state index contributed by atoms with van der Waals surface area (Å²) in [6, 6.07) is 69.5. The van der Waals surface area contributed by atoms with Gasteiger partial charge in [-0.15, -0.1) is 0 Å². The zero-order chi connectivity index (χ0) is 38.1. The van der Waals surface area contributed by atoms with Crippen molar-refractivity contribution in [3.63, 3.8) is 0 Å². The predicted octanol–water partition coefficient (Wildman–Crippen LogP) is 13.8. The molecule has 0 saturated heterocycles. The lowest BCUT2D eigenvalue weighted by molar-refractivity contribution is 0.563. The van der Waals surface area contributed by atoms with Crippen LogP contribution in [0.4, 0.5) is 0 Å². The second kappa shape index (κ2) is 12.9. The molecular weight excluding hydrogens is 687 g/mol. The van der Waals surface area contributed by atoms with Crippen molar-refractivity contribution in [1.82, 2.24) is 0 Å². The van der Waals surface area contributed by atoms with E-state index in [0.29, 0.717) is 6.42 Å². The highest BCUT2D eigenvalue weighted by Gasteiger charge is 2.53. The van der Waals surface area contributed by atoms with Gasteiger partial charge in [0.15, 0.2) is 0 Å². The van der Waals surface area contributed by atoms with E-state index in [1.807, 2.05) is 0 Å². The topological polar surface area (TPSA) is 12.4 Å². The van der Waals surface area contributed by atoms with Gasteiger partial charge in [0.1, 0.15) is 0 Å². The highest BCUT2D eigenvalue weighted by molar-refractivity contribution is 6.13. The smallest absolute Gasteiger partial charge is 0.0719 e. The average Bonchev–Trinajstić information content (AvgIpc) is 3.38. The Kier molecular flexibility index (Phi) is 7.56. The van der Waals surface area contributed by atoms with Crippen LogP contribution in [0.1, 0.15) is 70.3 Å². The molecule has 1 heteroatoms. The van der Waals surface area contributed by atoms with Gasteiger partial charge in [-0.3, -0.25) is 4.99 Å². The number of allylic oxidation sites excluding steroid dienone is 3. The summed E-state index contributed by atoms with van der Waals surface area (Å²) in [6.07, 6.45) is 5.35. The number of hydrogen-bond acceptors (Lipinski definition) is 1. The van der Waals surface area contributed by atoms with Gasteiger partial charge in [-0.05, 0) is 95.8 Å². The molecule has 1 aliphatic heterocycles. The lowest BCUT2D eigenvalue weighted by atomic mass is 9.55. The van der Waals surface area contributed by atoms with Crippen LogP contribution in [0.3, 0.4) is 0 Å². The van der Waals surface area contributed by atoms with Crippen LogP contribution in [0.15, 0.2) is 205 Å². The summed E-state index contributed by atoms with van der Waals surface area (Å²) >= 11 is 0. The van der Waals surface area contributed by atoms with Crippen LogP contribution in [-0.2, 0) is 10.8 Å². The van der Waals surface area contributed by atoms with Crippen LogP contribution in [0, 0.1) is 0 Å². The Morgan fingerprint density at radius 2 is 1.00 bits per heavy atom. The molecule has 0 fully saturated rings. The minimum absolute atomic E-state index is 0.163. The van der Waals surface area contributed by atoms with E-state index < -0.39 is 5.41 Å². The van der Waals surface area contributed by atoms with Crippen LogP contribution >= 0.6 is 0 Å². The van der Waals surface area contributed by atoms with Crippen molar-refractivity contribution in [2.24, 2.45) is 4.99 Å². The van der Waals surface area contributed by atoms with Crippen molar-refractivity contribution in [1.29, 1.82) is 0 Å². The van der Waals surface area contributed by atoms with Crippen molar-refractivity contribution in [3.05, 3.63) is 250 Å². The maximum Gasteiger partial charge on any atom is 0.0719 e. The second-order valence-corrected chi connectivity index (χ2v) is 16.2. The Balaban J connectivity index is 1.21. The van der Waals surface area contributed by atoms with Crippen molar-refractivity contribution in [3.8, 4) is 22.3 Å². The van der Waals surface area contributed by atoms with E-state index in [9.17, 15) is 0 Å². The molecule has 0 unspecified atom stereocenters. The highest BCUT2D eigenvalue weighted by Crippen LogP contribution is 2.63. The molecular formula is C56H41N. The first kappa shape index (κ1) is 33.5. The van der Waals surface area contributed by atoms with Crippen LogP contribution in [0.25, 0.3) is 44.3 Å². The Hall–Kier alpha value is -6.83. The summed E-state index contributed by atoms with van der Waals surface area (Å²) in [5.41, 5.74) is 19.2. The standard InChI is InChI=1S/C56H41N/c1-55(2)47-23-11-13-25-49(47)56(50-26-14-12-24-48(50)55)46-32-30-42(41-29-28-38-18-9-10-21-40(38)34-41)35-45(46)54-44(22-15-27-51(54)56)52-33-31-43(37-16-5-3-6-17-37)36-53(57-52)39-19-7-4-8-20-39/h3-32,34-36H,33H2,1-2H3. The molecule has 8 aromatic carbocycles. The van der Waals surface area contributed by atoms with Gasteiger partial charge in [0, 0.05) is 23.0 Å². The zero-order valence-electron chi connectivity index (χ0n) is 32.2. The van der Waals surface area contributed by atoms with Crippen molar-refractivity contribution >= 4 is 27.8 Å². The van der Waals surface area contributed by atoms with E-state index in [1.165, 1.54) is 83.1 Å². The molecule has 0 bridgehead atoms. The lowest BCUT2D eigenvalue weighted by Crippen LogP contribution is -2.40. The number of benzene rings is 8. The summed E-state index contributed by atoms with van der Waals surface area (Å²) in [6.45, 7) is 4.78. The van der Waals surface area contributed by atoms with Gasteiger partial charge < -0.3 is 0 Å². The summed E-state index contributed by atoms with van der Waals surface area (Å²) in [5.74, 6) is 0. The first-order valence-corrected chi connectivity index (χ1v) is 20.1. The molecule has 11 rings (SSSR count). The van der Waals surface area contributed by atoms with Crippen molar-refractivity contribution < 1.29 is 0 Å². The van der Waals surface area contributed by atoms with Crippen LogP contribution in [-0.4, -0.2) is 5.71 Å². The third-order valence-electron chi connectivity index (χ3n) is 12.8. The normalized spacial score (nSPS) is 15.7. The van der Waals surface area contributed by atoms with Gasteiger partial charge >= 0.3 is 0 Å². The fourth-order valence-corrected chi connectivity index (χ4v) is 10.1. The van der Waals surface area contributed by atoms with Crippen LogP contribution in [0.5, 0.6) is 0 Å². The molecule has 1 nitrogen and oxygen atoms in total. The quantitative estimate of drug-likeness (QED) is 0.171. The van der Waals surface area contributed by atoms with Gasteiger partial charge in [0.05, 0.1) is 16.8 Å². The molecule has 0 N–H and O–H groups in total. The average molecular weight is 728 g/mol. The van der Waals surface area contributed by atoms with E-state index in [-0.39, 0.29) is 5.41 Å². The molecule has 8 aromatic rings. The minimum Gasteiger partial charge on any atom is -0.252 e. The van der Waals surface area contributed by atoms with Crippen LogP contribution in [0.2, 0.25) is 0 Å². The molecule has 3 aliphatic rings. The Morgan fingerprint density at radius 3 is 1.72 bits per heavy atom. The molecule has 270 valence electrons. The molecule has 0 radical (unpaired) electrons. The number of rotatable bonds is 4. The Morgan fingerprint density at radius 1 is 0.421 bits per heavy atom. The zero-order valence-corrected chi connectivity index (χ0v) is 32.2. The van der Waals surface area contributed by atoms with Gasteiger partial charge in [0.25, 0.3) is 0 Å². The molecule has 1 heterocycles. The van der Waals surface area contributed by atoms with Gasteiger partial charge in [-0.25, -0.2) is 0 Å². The number of hydrogen-bond donors (Lipinski definition) is 0. The van der Waals surface area contributed by atoms with Crippen molar-refractivity contribution in [2.45, 2.75) is 31.1 Å². The number of nitrogens with zero attached hydrogens (tertiary/aromatic N) is 1. The van der Waals surface area contributed by atoms with Gasteiger partial charge in [0.2, 0.25) is 0 Å². The molecule has 57 heavy (non-hydrogen) atoms. The maximum absolute atomic E-state index is 5.63. The SMILES string of the molecule is CC1(C)c2ccccc2C2(c3ccc(-c4ccc5ccccc5c4)cc3-c3c(C4=NC(c5ccccc5)=CC(c5ccccc5)=CC4)cccc32)c2ccccc21. The summed E-state index contributed by atoms with van der Waals surface area (Å²) in [7, 11) is 0. The number of fused-ring (bicyclic) bond motifs is 10. The third-order valence-corrected chi connectivity index (χ3v) is 12.8. The molecule has 0 aromatic heterocycles. The highest BCUT2D eigenvalue weighted by atomic mass is 14.8. The van der Waals surface area contributed by atoms with Gasteiger partial charge in [-0.1, -0.05) is 196 Å². The second-order valence-electron chi connectivity index (χ2n) is 16.2. The lowest BCUT2D eigenvalue weighted by Gasteiger charge is -2.46. The molecule has 0 amide bonds. The first-order valence-electron chi connectivity index (χ1n) is 20.1. The minimum atomic E-state index is -0.500. The number of aliphatic imine (C=N–C) groups is 1. The fourth-order valence-electron chi connectivity index (χ4n) is 10.1. The Labute approximate surface area is 335 Å². The van der Waals surface area contributed by atoms with E-state index in [4.69, 9.17) is 4.99 Å². The predicted molar refractivity (Wildman–Crippen MR) is 239 cm³/mol. The molecule has 1 spiro atoms. The third kappa shape index (κ3) is 5.05. The Bertz CT molecular complexity index is 2940. The molecule has 2 aliphatic carbocycles. The van der Waals surface area contributed by atoms with Crippen molar-refractivity contribution in [2.75, 3.05) is 0 Å². The summed E-state index contributed by atoms with van der Waals surface area (Å²) in [4.78, 5) is 5.63.